The Bertz CT molecular complexity index is 767. The molecule has 1 aromatic rings. The van der Waals surface area contributed by atoms with E-state index in [1.807, 2.05) is 0 Å². The number of halogens is 1. The molecule has 0 saturated carbocycles. The molecule has 1 heterocycles. The zero-order valence-corrected chi connectivity index (χ0v) is 15.7. The lowest BCUT2D eigenvalue weighted by atomic mass is 10.2. The number of morpholine rings is 1. The van der Waals surface area contributed by atoms with Crippen molar-refractivity contribution in [3.8, 4) is 0 Å². The van der Waals surface area contributed by atoms with Crippen LogP contribution in [0, 0.1) is 0 Å². The van der Waals surface area contributed by atoms with Crippen molar-refractivity contribution in [2.24, 2.45) is 0 Å². The number of benzene rings is 1. The lowest BCUT2D eigenvalue weighted by molar-refractivity contribution is 0.0102. The van der Waals surface area contributed by atoms with Crippen LogP contribution >= 0.6 is 11.6 Å². The second-order valence-electron chi connectivity index (χ2n) is 5.60. The van der Waals surface area contributed by atoms with E-state index in [9.17, 15) is 16.8 Å². The molecule has 1 atom stereocenters. The summed E-state index contributed by atoms with van der Waals surface area (Å²) in [5.41, 5.74) is 0.469. The van der Waals surface area contributed by atoms with Gasteiger partial charge in [-0.25, -0.2) is 21.6 Å². The first-order valence-corrected chi connectivity index (χ1v) is 11.1. The van der Waals surface area contributed by atoms with Gasteiger partial charge in [-0.3, -0.25) is 0 Å². The molecule has 0 radical (unpaired) electrons. The van der Waals surface area contributed by atoms with Gasteiger partial charge in [-0.1, -0.05) is 29.8 Å². The Balaban J connectivity index is 1.89. The van der Waals surface area contributed by atoms with Crippen LogP contribution in [0.1, 0.15) is 12.5 Å². The van der Waals surface area contributed by atoms with Crippen molar-refractivity contribution in [3.63, 3.8) is 0 Å². The molecule has 1 unspecified atom stereocenters. The van der Waals surface area contributed by atoms with Crippen LogP contribution in [0.15, 0.2) is 24.3 Å². The molecule has 0 bridgehead atoms. The van der Waals surface area contributed by atoms with Gasteiger partial charge >= 0.3 is 0 Å². The molecule has 24 heavy (non-hydrogen) atoms. The Hall–Kier alpha value is -0.710. The largest absolute Gasteiger partial charge is 0.376 e. The molecule has 1 fully saturated rings. The van der Waals surface area contributed by atoms with Crippen molar-refractivity contribution in [2.75, 3.05) is 32.0 Å². The fourth-order valence-corrected chi connectivity index (χ4v) is 5.36. The van der Waals surface area contributed by atoms with Gasteiger partial charge in [0.2, 0.25) is 20.0 Å². The molecular weight excluding hydrogens is 376 g/mol. The second kappa shape index (κ2) is 8.11. The molecule has 0 amide bonds. The van der Waals surface area contributed by atoms with Crippen LogP contribution in [-0.2, 0) is 30.5 Å². The molecule has 1 saturated heterocycles. The Kier molecular flexibility index (Phi) is 6.63. The number of rotatable bonds is 7. The highest BCUT2D eigenvalue weighted by Crippen LogP contribution is 2.17. The molecule has 0 aromatic heterocycles. The third-order valence-corrected chi connectivity index (χ3v) is 7.12. The summed E-state index contributed by atoms with van der Waals surface area (Å²) in [7, 11) is -7.18. The number of hydrogen-bond donors (Lipinski definition) is 1. The zero-order valence-electron chi connectivity index (χ0n) is 13.3. The average molecular weight is 397 g/mol. The molecule has 136 valence electrons. The molecule has 1 aromatic carbocycles. The van der Waals surface area contributed by atoms with Crippen molar-refractivity contribution in [2.45, 2.75) is 18.8 Å². The molecule has 1 aliphatic rings. The van der Waals surface area contributed by atoms with Crippen molar-refractivity contribution in [1.29, 1.82) is 0 Å². The summed E-state index contributed by atoms with van der Waals surface area (Å²) in [6.07, 6.45) is -0.162. The van der Waals surface area contributed by atoms with Crippen LogP contribution in [-0.4, -0.2) is 59.2 Å². The normalized spacial score (nSPS) is 20.2. The molecule has 2 rings (SSSR count). The van der Waals surface area contributed by atoms with Gasteiger partial charge in [0.05, 0.1) is 24.2 Å². The van der Waals surface area contributed by atoms with Crippen LogP contribution in [0.2, 0.25) is 5.02 Å². The Morgan fingerprint density at radius 2 is 2.00 bits per heavy atom. The minimum atomic E-state index is -3.66. The van der Waals surface area contributed by atoms with Gasteiger partial charge in [-0.15, -0.1) is 0 Å². The molecule has 0 aliphatic carbocycles. The third-order valence-electron chi connectivity index (χ3n) is 3.58. The minimum Gasteiger partial charge on any atom is -0.376 e. The van der Waals surface area contributed by atoms with E-state index in [0.717, 1.165) is 0 Å². The number of sulfonamides is 2. The highest BCUT2D eigenvalue weighted by Gasteiger charge is 2.27. The Morgan fingerprint density at radius 1 is 1.29 bits per heavy atom. The van der Waals surface area contributed by atoms with Crippen molar-refractivity contribution >= 4 is 31.6 Å². The van der Waals surface area contributed by atoms with Crippen molar-refractivity contribution in [1.82, 2.24) is 9.03 Å². The van der Waals surface area contributed by atoms with E-state index in [-0.39, 0.29) is 30.7 Å². The predicted octanol–water partition coefficient (Wildman–Crippen LogP) is 0.810. The summed E-state index contributed by atoms with van der Waals surface area (Å²) in [4.78, 5) is 0. The van der Waals surface area contributed by atoms with Crippen LogP contribution in [0.4, 0.5) is 0 Å². The monoisotopic (exact) mass is 396 g/mol. The summed E-state index contributed by atoms with van der Waals surface area (Å²) in [5, 5.41) is 0.359. The Labute approximate surface area is 148 Å². The van der Waals surface area contributed by atoms with Crippen molar-refractivity contribution in [3.05, 3.63) is 34.9 Å². The van der Waals surface area contributed by atoms with Crippen molar-refractivity contribution < 1.29 is 21.6 Å². The third kappa shape index (κ3) is 5.68. The van der Waals surface area contributed by atoms with Gasteiger partial charge in [-0.05, 0) is 18.6 Å². The fraction of sp³-hybridized carbons (Fsp3) is 0.571. The lowest BCUT2D eigenvalue weighted by Crippen LogP contribution is -2.46. The van der Waals surface area contributed by atoms with Gasteiger partial charge in [0.25, 0.3) is 0 Å². The number of hydrogen-bond acceptors (Lipinski definition) is 5. The maximum atomic E-state index is 12.2. The summed E-state index contributed by atoms with van der Waals surface area (Å²) in [6, 6.07) is 6.63. The van der Waals surface area contributed by atoms with Crippen LogP contribution < -0.4 is 4.72 Å². The predicted molar refractivity (Wildman–Crippen MR) is 92.9 cm³/mol. The summed E-state index contributed by atoms with van der Waals surface area (Å²) in [6.45, 7) is 2.54. The molecule has 7 nitrogen and oxygen atoms in total. The summed E-state index contributed by atoms with van der Waals surface area (Å²) < 4.78 is 57.6. The summed E-state index contributed by atoms with van der Waals surface area (Å²) in [5.74, 6) is -0.581. The lowest BCUT2D eigenvalue weighted by Gasteiger charge is -2.30. The average Bonchev–Trinajstić information content (AvgIpc) is 2.49. The SMILES string of the molecule is CC1CN(S(=O)(=O)CCNS(=O)(=O)Cc2ccccc2Cl)CCO1. The van der Waals surface area contributed by atoms with E-state index in [2.05, 4.69) is 4.72 Å². The van der Waals surface area contributed by atoms with E-state index in [1.165, 1.54) is 4.31 Å². The van der Waals surface area contributed by atoms with Gasteiger partial charge in [0, 0.05) is 24.7 Å². The number of nitrogens with one attached hydrogen (secondary N) is 1. The van der Waals surface area contributed by atoms with E-state index >= 15 is 0 Å². The topological polar surface area (TPSA) is 92.8 Å². The highest BCUT2D eigenvalue weighted by atomic mass is 35.5. The van der Waals surface area contributed by atoms with E-state index in [4.69, 9.17) is 16.3 Å². The van der Waals surface area contributed by atoms with Gasteiger partial charge in [-0.2, -0.15) is 4.31 Å². The van der Waals surface area contributed by atoms with E-state index in [1.54, 1.807) is 31.2 Å². The summed E-state index contributed by atoms with van der Waals surface area (Å²) >= 11 is 5.95. The molecule has 10 heteroatoms. The fourth-order valence-electron chi connectivity index (χ4n) is 2.37. The maximum Gasteiger partial charge on any atom is 0.215 e. The van der Waals surface area contributed by atoms with Gasteiger partial charge in [0.1, 0.15) is 0 Å². The first-order chi connectivity index (χ1) is 11.2. The number of ether oxygens (including phenoxy) is 1. The maximum absolute atomic E-state index is 12.2. The van der Waals surface area contributed by atoms with Crippen LogP contribution in [0.25, 0.3) is 0 Å². The molecule has 1 N–H and O–H groups in total. The quantitative estimate of drug-likeness (QED) is 0.736. The minimum absolute atomic E-state index is 0.162. The number of nitrogens with zero attached hydrogens (tertiary/aromatic N) is 1. The standard InChI is InChI=1S/C14H21ClN2O5S2/c1-12-10-17(7-8-22-12)24(20,21)9-6-16-23(18,19)11-13-4-2-3-5-14(13)15/h2-5,12,16H,6-11H2,1H3. The van der Waals surface area contributed by atoms with Gasteiger partial charge < -0.3 is 4.74 Å². The zero-order chi connectivity index (χ0) is 17.8. The van der Waals surface area contributed by atoms with Crippen LogP contribution in [0.5, 0.6) is 0 Å². The van der Waals surface area contributed by atoms with E-state index in [0.29, 0.717) is 23.7 Å². The Morgan fingerprint density at radius 3 is 2.67 bits per heavy atom. The molecular formula is C14H21ClN2O5S2. The molecule has 0 spiro atoms. The molecule has 1 aliphatic heterocycles. The van der Waals surface area contributed by atoms with E-state index < -0.39 is 20.0 Å². The highest BCUT2D eigenvalue weighted by molar-refractivity contribution is 7.89. The smallest absolute Gasteiger partial charge is 0.215 e. The second-order valence-corrected chi connectivity index (χ2v) is 9.90. The van der Waals surface area contributed by atoms with Gasteiger partial charge in [0.15, 0.2) is 0 Å². The first-order valence-electron chi connectivity index (χ1n) is 7.50. The van der Waals surface area contributed by atoms with Crippen LogP contribution in [0.3, 0.4) is 0 Å². The first kappa shape index (κ1) is 19.6.